The predicted octanol–water partition coefficient (Wildman–Crippen LogP) is -1.83. The predicted molar refractivity (Wildman–Crippen MR) is 54.9 cm³/mol. The lowest BCUT2D eigenvalue weighted by molar-refractivity contribution is -0.149. The van der Waals surface area contributed by atoms with Crippen molar-refractivity contribution in [2.75, 3.05) is 13.1 Å². The van der Waals surface area contributed by atoms with Gasteiger partial charge < -0.3 is 20.4 Å². The van der Waals surface area contributed by atoms with Gasteiger partial charge in [0.15, 0.2) is 0 Å². The number of aliphatic hydroxyl groups excluding tert-OH is 1. The third-order valence-corrected chi connectivity index (χ3v) is 3.17. The number of carboxylic acids is 1. The first-order valence-corrected chi connectivity index (χ1v) is 5.47. The zero-order valence-electron chi connectivity index (χ0n) is 9.13. The number of aliphatic hydroxyl groups is 1. The van der Waals surface area contributed by atoms with E-state index in [1.807, 2.05) is 0 Å². The highest BCUT2D eigenvalue weighted by Crippen LogP contribution is 2.23. The van der Waals surface area contributed by atoms with Crippen molar-refractivity contribution in [2.45, 2.75) is 25.0 Å². The topological polar surface area (TPSA) is 107 Å². The molecule has 3 atom stereocenters. The quantitative estimate of drug-likeness (QED) is 0.528. The number of likely N-dealkylation sites (tertiary alicyclic amines) is 1. The largest absolute Gasteiger partial charge is 0.480 e. The molecule has 2 rings (SSSR count). The molecule has 3 N–H and O–H groups in total. The number of carbonyl (C=O) groups excluding carboxylic acids is 2. The van der Waals surface area contributed by atoms with E-state index < -0.39 is 24.0 Å². The molecule has 2 heterocycles. The second kappa shape index (κ2) is 4.33. The zero-order chi connectivity index (χ0) is 12.6. The highest BCUT2D eigenvalue weighted by Gasteiger charge is 2.42. The number of carboxylic acid groups (broad SMARTS) is 1. The van der Waals surface area contributed by atoms with Gasteiger partial charge in [-0.3, -0.25) is 9.59 Å². The molecular weight excluding hydrogens is 228 g/mol. The van der Waals surface area contributed by atoms with Crippen LogP contribution in [0.5, 0.6) is 0 Å². The summed E-state index contributed by atoms with van der Waals surface area (Å²) in [6.07, 6.45) is -0.655. The summed E-state index contributed by atoms with van der Waals surface area (Å²) in [5, 5.41) is 20.9. The Hall–Kier alpha value is -1.63. The van der Waals surface area contributed by atoms with Gasteiger partial charge >= 0.3 is 5.97 Å². The molecule has 0 saturated carbocycles. The Morgan fingerprint density at radius 2 is 2.12 bits per heavy atom. The molecule has 1 unspecified atom stereocenters. The van der Waals surface area contributed by atoms with Crippen LogP contribution in [0.1, 0.15) is 12.8 Å². The first-order chi connectivity index (χ1) is 7.99. The third kappa shape index (κ3) is 2.23. The molecule has 7 heteroatoms. The van der Waals surface area contributed by atoms with E-state index in [2.05, 4.69) is 5.32 Å². The molecule has 17 heavy (non-hydrogen) atoms. The fourth-order valence-corrected chi connectivity index (χ4v) is 2.31. The van der Waals surface area contributed by atoms with Crippen LogP contribution in [-0.2, 0) is 14.4 Å². The van der Waals surface area contributed by atoms with Gasteiger partial charge in [-0.1, -0.05) is 0 Å². The van der Waals surface area contributed by atoms with Gasteiger partial charge in [-0.2, -0.15) is 0 Å². The molecule has 7 nitrogen and oxygen atoms in total. The second-order valence-corrected chi connectivity index (χ2v) is 4.44. The van der Waals surface area contributed by atoms with Crippen molar-refractivity contribution in [1.29, 1.82) is 0 Å². The molecular formula is C10H14N2O5. The molecule has 2 aliphatic rings. The van der Waals surface area contributed by atoms with E-state index in [1.165, 1.54) is 0 Å². The van der Waals surface area contributed by atoms with Crippen LogP contribution in [0.25, 0.3) is 0 Å². The lowest BCUT2D eigenvalue weighted by atomic mass is 10.1. The summed E-state index contributed by atoms with van der Waals surface area (Å²) in [7, 11) is 0. The summed E-state index contributed by atoms with van der Waals surface area (Å²) >= 11 is 0. The Labute approximate surface area is 97.4 Å². The van der Waals surface area contributed by atoms with Crippen molar-refractivity contribution < 1.29 is 24.6 Å². The lowest BCUT2D eigenvalue weighted by Gasteiger charge is -2.23. The number of aliphatic carboxylic acids is 1. The molecule has 0 aromatic rings. The number of nitrogens with zero attached hydrogens (tertiary/aromatic N) is 1. The van der Waals surface area contributed by atoms with E-state index in [0.29, 0.717) is 0 Å². The molecule has 2 fully saturated rings. The van der Waals surface area contributed by atoms with Crippen molar-refractivity contribution in [2.24, 2.45) is 5.92 Å². The van der Waals surface area contributed by atoms with Crippen LogP contribution in [-0.4, -0.2) is 58.1 Å². The number of β-amino-alcohol motifs (C(OH)–C–C–N with tert-alkyl or cyclic N) is 1. The molecule has 2 aliphatic heterocycles. The minimum absolute atomic E-state index is 0.0283. The van der Waals surface area contributed by atoms with Gasteiger partial charge in [-0.25, -0.2) is 4.79 Å². The number of rotatable bonds is 2. The van der Waals surface area contributed by atoms with Crippen LogP contribution in [0, 0.1) is 5.92 Å². The molecule has 0 aliphatic carbocycles. The van der Waals surface area contributed by atoms with Crippen molar-refractivity contribution in [3.05, 3.63) is 0 Å². The minimum atomic E-state index is -1.12. The van der Waals surface area contributed by atoms with Crippen LogP contribution in [0.4, 0.5) is 0 Å². The maximum atomic E-state index is 12.0. The van der Waals surface area contributed by atoms with Gasteiger partial charge in [0, 0.05) is 25.9 Å². The van der Waals surface area contributed by atoms with E-state index in [4.69, 9.17) is 5.11 Å². The summed E-state index contributed by atoms with van der Waals surface area (Å²) in [5.74, 6) is -2.19. The van der Waals surface area contributed by atoms with Gasteiger partial charge in [-0.15, -0.1) is 0 Å². The molecule has 0 aromatic heterocycles. The Bertz CT molecular complexity index is 370. The normalized spacial score (nSPS) is 32.6. The van der Waals surface area contributed by atoms with E-state index in [-0.39, 0.29) is 37.7 Å². The number of amides is 2. The molecule has 2 amide bonds. The summed E-state index contributed by atoms with van der Waals surface area (Å²) in [6.45, 7) is 0.275. The third-order valence-electron chi connectivity index (χ3n) is 3.17. The van der Waals surface area contributed by atoms with Gasteiger partial charge in [0.05, 0.1) is 12.0 Å². The highest BCUT2D eigenvalue weighted by molar-refractivity contribution is 5.91. The van der Waals surface area contributed by atoms with E-state index in [9.17, 15) is 19.5 Å². The first-order valence-electron chi connectivity index (χ1n) is 5.47. The fraction of sp³-hybridized carbons (Fsp3) is 0.700. The van der Waals surface area contributed by atoms with Gasteiger partial charge in [0.2, 0.25) is 11.8 Å². The summed E-state index contributed by atoms with van der Waals surface area (Å²) in [6, 6.07) is -0.979. The van der Waals surface area contributed by atoms with Crippen molar-refractivity contribution in [3.63, 3.8) is 0 Å². The number of hydrogen-bond donors (Lipinski definition) is 3. The maximum absolute atomic E-state index is 12.0. The van der Waals surface area contributed by atoms with Crippen molar-refractivity contribution in [3.8, 4) is 0 Å². The molecule has 0 spiro atoms. The number of carbonyl (C=O) groups is 3. The first kappa shape index (κ1) is 11.8. The van der Waals surface area contributed by atoms with Crippen LogP contribution in [0.2, 0.25) is 0 Å². The molecule has 94 valence electrons. The maximum Gasteiger partial charge on any atom is 0.326 e. The standard InChI is InChI=1S/C10H14N2O5/c13-6-2-7(10(16)17)12(4-6)9(15)5-1-8(14)11-3-5/h5-7,13H,1-4H2,(H,11,14)(H,16,17)/t5?,6-,7-/m0/s1. The average molecular weight is 242 g/mol. The number of nitrogens with one attached hydrogen (secondary N) is 1. The van der Waals surface area contributed by atoms with Gasteiger partial charge in [0.1, 0.15) is 6.04 Å². The highest BCUT2D eigenvalue weighted by atomic mass is 16.4. The summed E-state index contributed by atoms with van der Waals surface area (Å²) < 4.78 is 0. The van der Waals surface area contributed by atoms with E-state index >= 15 is 0 Å². The van der Waals surface area contributed by atoms with E-state index in [1.54, 1.807) is 0 Å². The fourth-order valence-electron chi connectivity index (χ4n) is 2.31. The van der Waals surface area contributed by atoms with Crippen molar-refractivity contribution >= 4 is 17.8 Å². The van der Waals surface area contributed by atoms with Gasteiger partial charge in [-0.05, 0) is 0 Å². The smallest absolute Gasteiger partial charge is 0.326 e. The second-order valence-electron chi connectivity index (χ2n) is 4.44. The Morgan fingerprint density at radius 1 is 1.41 bits per heavy atom. The van der Waals surface area contributed by atoms with E-state index in [0.717, 1.165) is 4.90 Å². The monoisotopic (exact) mass is 242 g/mol. The van der Waals surface area contributed by atoms with Gasteiger partial charge in [0.25, 0.3) is 0 Å². The van der Waals surface area contributed by atoms with Crippen molar-refractivity contribution in [1.82, 2.24) is 10.2 Å². The van der Waals surface area contributed by atoms with Crippen LogP contribution < -0.4 is 5.32 Å². The summed E-state index contributed by atoms with van der Waals surface area (Å²) in [5.41, 5.74) is 0. The molecule has 2 saturated heterocycles. The minimum Gasteiger partial charge on any atom is -0.480 e. The molecule has 0 bridgehead atoms. The zero-order valence-corrected chi connectivity index (χ0v) is 9.13. The lowest BCUT2D eigenvalue weighted by Crippen LogP contribution is -2.44. The average Bonchev–Trinajstić information content (AvgIpc) is 2.83. The number of hydrogen-bond acceptors (Lipinski definition) is 4. The van der Waals surface area contributed by atoms with Crippen LogP contribution in [0.15, 0.2) is 0 Å². The Morgan fingerprint density at radius 3 is 2.65 bits per heavy atom. The molecule has 0 radical (unpaired) electrons. The SMILES string of the molecule is O=C1CC(C(=O)N2C[C@@H](O)C[C@H]2C(=O)O)CN1. The van der Waals surface area contributed by atoms with Crippen LogP contribution in [0.3, 0.4) is 0 Å². The Balaban J connectivity index is 2.07. The summed E-state index contributed by atoms with van der Waals surface area (Å²) in [4.78, 5) is 35.1. The van der Waals surface area contributed by atoms with Crippen LogP contribution >= 0.6 is 0 Å². The molecule has 0 aromatic carbocycles. The Kier molecular flexibility index (Phi) is 3.01.